The van der Waals surface area contributed by atoms with E-state index < -0.39 is 4.92 Å². The summed E-state index contributed by atoms with van der Waals surface area (Å²) >= 11 is 0. The number of nitro groups is 1. The van der Waals surface area contributed by atoms with Crippen molar-refractivity contribution in [1.29, 1.82) is 0 Å². The molecular weight excluding hydrogens is 244 g/mol. The first-order valence-corrected chi connectivity index (χ1v) is 6.12. The van der Waals surface area contributed by atoms with Gasteiger partial charge >= 0.3 is 0 Å². The molecule has 2 aromatic rings. The summed E-state index contributed by atoms with van der Waals surface area (Å²) in [6.07, 6.45) is 4.60. The van der Waals surface area contributed by atoms with E-state index in [2.05, 4.69) is 11.1 Å². The van der Waals surface area contributed by atoms with Gasteiger partial charge in [0.2, 0.25) is 5.88 Å². The molecule has 0 spiro atoms. The highest BCUT2D eigenvalue weighted by Crippen LogP contribution is 2.28. The third-order valence-corrected chi connectivity index (χ3v) is 3.22. The topological polar surface area (TPSA) is 65.3 Å². The average Bonchev–Trinajstić information content (AvgIpc) is 2.87. The van der Waals surface area contributed by atoms with Gasteiger partial charge in [-0.1, -0.05) is 6.07 Å². The second kappa shape index (κ2) is 4.68. The van der Waals surface area contributed by atoms with Crippen molar-refractivity contribution >= 4 is 5.69 Å². The Labute approximate surface area is 110 Å². The van der Waals surface area contributed by atoms with E-state index in [0.29, 0.717) is 5.88 Å². The lowest BCUT2D eigenvalue weighted by Crippen LogP contribution is -1.92. The molecule has 0 fully saturated rings. The number of hydrogen-bond acceptors (Lipinski definition) is 4. The second-order valence-corrected chi connectivity index (χ2v) is 4.50. The predicted octanol–water partition coefficient (Wildman–Crippen LogP) is 3.27. The molecule has 0 bridgehead atoms. The fourth-order valence-corrected chi connectivity index (χ4v) is 2.27. The average molecular weight is 256 g/mol. The number of pyridine rings is 1. The summed E-state index contributed by atoms with van der Waals surface area (Å²) in [7, 11) is 0. The first-order chi connectivity index (χ1) is 9.22. The normalized spacial score (nSPS) is 13.1. The molecule has 1 aromatic carbocycles. The van der Waals surface area contributed by atoms with Crippen molar-refractivity contribution in [2.45, 2.75) is 19.3 Å². The lowest BCUT2D eigenvalue weighted by molar-refractivity contribution is -0.385. The van der Waals surface area contributed by atoms with E-state index in [1.54, 1.807) is 0 Å². The van der Waals surface area contributed by atoms with Gasteiger partial charge in [0.05, 0.1) is 4.92 Å². The number of benzene rings is 1. The fraction of sp³-hybridized carbons (Fsp3) is 0.214. The molecule has 0 saturated carbocycles. The Hall–Kier alpha value is -2.43. The van der Waals surface area contributed by atoms with Gasteiger partial charge in [-0.15, -0.1) is 0 Å². The van der Waals surface area contributed by atoms with Gasteiger partial charge in [0.1, 0.15) is 11.9 Å². The molecule has 1 aromatic heterocycles. The molecule has 5 nitrogen and oxygen atoms in total. The van der Waals surface area contributed by atoms with Gasteiger partial charge in [-0.05, 0) is 42.5 Å². The molecule has 0 saturated heterocycles. The minimum absolute atomic E-state index is 0.0405. The molecule has 0 N–H and O–H groups in total. The minimum Gasteiger partial charge on any atom is -0.439 e. The number of aryl methyl sites for hydroxylation is 2. The highest BCUT2D eigenvalue weighted by molar-refractivity contribution is 5.40. The van der Waals surface area contributed by atoms with Gasteiger partial charge in [-0.3, -0.25) is 10.1 Å². The number of aromatic nitrogens is 1. The summed E-state index contributed by atoms with van der Waals surface area (Å²) in [5.74, 6) is 1.09. The van der Waals surface area contributed by atoms with E-state index in [4.69, 9.17) is 4.74 Å². The van der Waals surface area contributed by atoms with Crippen molar-refractivity contribution < 1.29 is 9.66 Å². The largest absolute Gasteiger partial charge is 0.439 e. The molecule has 0 atom stereocenters. The molecular formula is C14H12N2O3. The Morgan fingerprint density at radius 3 is 2.74 bits per heavy atom. The molecule has 19 heavy (non-hydrogen) atoms. The van der Waals surface area contributed by atoms with Crippen molar-refractivity contribution in [3.05, 3.63) is 57.8 Å². The van der Waals surface area contributed by atoms with Crippen molar-refractivity contribution in [3.8, 4) is 11.6 Å². The Bertz CT molecular complexity index is 623. The molecule has 1 aliphatic carbocycles. The Morgan fingerprint density at radius 2 is 2.00 bits per heavy atom. The standard InChI is InChI=1S/C14H12N2O3/c17-16(18)12-5-7-14(15-9-12)19-13-6-4-10-2-1-3-11(10)8-13/h4-9H,1-3H2. The maximum absolute atomic E-state index is 10.5. The number of fused-ring (bicyclic) bond motifs is 1. The monoisotopic (exact) mass is 256 g/mol. The van der Waals surface area contributed by atoms with Crippen LogP contribution >= 0.6 is 0 Å². The third kappa shape index (κ3) is 2.40. The van der Waals surface area contributed by atoms with Crippen LogP contribution in [0.25, 0.3) is 0 Å². The Balaban J connectivity index is 1.79. The second-order valence-electron chi connectivity index (χ2n) is 4.50. The van der Waals surface area contributed by atoms with Gasteiger partial charge < -0.3 is 4.74 Å². The molecule has 0 amide bonds. The Morgan fingerprint density at radius 1 is 1.16 bits per heavy atom. The highest BCUT2D eigenvalue weighted by Gasteiger charge is 2.12. The van der Waals surface area contributed by atoms with Crippen molar-refractivity contribution in [3.63, 3.8) is 0 Å². The van der Waals surface area contributed by atoms with Crippen LogP contribution in [0.2, 0.25) is 0 Å². The Kier molecular flexibility index (Phi) is 2.87. The molecule has 0 unspecified atom stereocenters. The SMILES string of the molecule is O=[N+]([O-])c1ccc(Oc2ccc3c(c2)CCC3)nc1. The van der Waals surface area contributed by atoms with E-state index in [0.717, 1.165) is 18.6 Å². The van der Waals surface area contributed by atoms with Crippen LogP contribution in [0.4, 0.5) is 5.69 Å². The van der Waals surface area contributed by atoms with Crippen LogP contribution in [0, 0.1) is 10.1 Å². The smallest absolute Gasteiger partial charge is 0.287 e. The van der Waals surface area contributed by atoms with Gasteiger partial charge in [0.25, 0.3) is 5.69 Å². The number of nitrogens with zero attached hydrogens (tertiary/aromatic N) is 2. The minimum atomic E-state index is -0.480. The fourth-order valence-electron chi connectivity index (χ4n) is 2.27. The predicted molar refractivity (Wildman–Crippen MR) is 69.4 cm³/mol. The van der Waals surface area contributed by atoms with Gasteiger partial charge in [0, 0.05) is 12.1 Å². The van der Waals surface area contributed by atoms with Crippen LogP contribution in [0.3, 0.4) is 0 Å². The van der Waals surface area contributed by atoms with Crippen molar-refractivity contribution in [2.75, 3.05) is 0 Å². The van der Waals surface area contributed by atoms with Crippen molar-refractivity contribution in [1.82, 2.24) is 4.98 Å². The zero-order valence-corrected chi connectivity index (χ0v) is 10.2. The number of rotatable bonds is 3. The first kappa shape index (κ1) is 11.6. The van der Waals surface area contributed by atoms with Crippen LogP contribution < -0.4 is 4.74 Å². The van der Waals surface area contributed by atoms with Crippen LogP contribution in [-0.4, -0.2) is 9.91 Å². The van der Waals surface area contributed by atoms with E-state index in [-0.39, 0.29) is 5.69 Å². The molecule has 0 radical (unpaired) electrons. The maximum atomic E-state index is 10.5. The number of ether oxygens (including phenoxy) is 1. The number of hydrogen-bond donors (Lipinski definition) is 0. The molecule has 5 heteroatoms. The van der Waals surface area contributed by atoms with Crippen LogP contribution in [0.1, 0.15) is 17.5 Å². The third-order valence-electron chi connectivity index (χ3n) is 3.22. The van der Waals surface area contributed by atoms with E-state index in [1.165, 1.54) is 35.9 Å². The lowest BCUT2D eigenvalue weighted by Gasteiger charge is -2.06. The van der Waals surface area contributed by atoms with E-state index in [1.807, 2.05) is 12.1 Å². The summed E-state index contributed by atoms with van der Waals surface area (Å²) < 4.78 is 5.60. The highest BCUT2D eigenvalue weighted by atomic mass is 16.6. The molecule has 1 heterocycles. The summed E-state index contributed by atoms with van der Waals surface area (Å²) in [6.45, 7) is 0. The van der Waals surface area contributed by atoms with Crippen LogP contribution in [-0.2, 0) is 12.8 Å². The van der Waals surface area contributed by atoms with Crippen LogP contribution in [0.15, 0.2) is 36.5 Å². The molecule has 1 aliphatic rings. The first-order valence-electron chi connectivity index (χ1n) is 6.12. The quantitative estimate of drug-likeness (QED) is 0.624. The summed E-state index contributed by atoms with van der Waals surface area (Å²) in [5, 5.41) is 10.5. The van der Waals surface area contributed by atoms with Crippen LogP contribution in [0.5, 0.6) is 11.6 Å². The maximum Gasteiger partial charge on any atom is 0.287 e. The molecule has 0 aliphatic heterocycles. The molecule has 3 rings (SSSR count). The summed E-state index contributed by atoms with van der Waals surface area (Å²) in [5.41, 5.74) is 2.66. The zero-order valence-electron chi connectivity index (χ0n) is 10.2. The summed E-state index contributed by atoms with van der Waals surface area (Å²) in [4.78, 5) is 14.0. The molecule has 96 valence electrons. The van der Waals surface area contributed by atoms with Gasteiger partial charge in [0.15, 0.2) is 0 Å². The van der Waals surface area contributed by atoms with E-state index >= 15 is 0 Å². The van der Waals surface area contributed by atoms with Gasteiger partial charge in [-0.25, -0.2) is 4.98 Å². The van der Waals surface area contributed by atoms with E-state index in [9.17, 15) is 10.1 Å². The van der Waals surface area contributed by atoms with Gasteiger partial charge in [-0.2, -0.15) is 0 Å². The van der Waals surface area contributed by atoms with Crippen molar-refractivity contribution in [2.24, 2.45) is 0 Å². The lowest BCUT2D eigenvalue weighted by atomic mass is 10.1. The summed E-state index contributed by atoms with van der Waals surface area (Å²) in [6, 6.07) is 8.89. The zero-order chi connectivity index (χ0) is 13.2.